The van der Waals surface area contributed by atoms with Gasteiger partial charge in [-0.2, -0.15) is 0 Å². The summed E-state index contributed by atoms with van der Waals surface area (Å²) in [6.07, 6.45) is 5.72. The van der Waals surface area contributed by atoms with E-state index < -0.39 is 0 Å². The van der Waals surface area contributed by atoms with Gasteiger partial charge in [0.2, 0.25) is 0 Å². The summed E-state index contributed by atoms with van der Waals surface area (Å²) in [5, 5.41) is 0. The molecule has 5 heteroatoms. The number of halogens is 1. The van der Waals surface area contributed by atoms with Gasteiger partial charge in [0, 0.05) is 28.9 Å². The highest BCUT2D eigenvalue weighted by atomic mass is 79.9. The number of nitrogens with zero attached hydrogens (tertiary/aromatic N) is 2. The Morgan fingerprint density at radius 2 is 2.28 bits per heavy atom. The fourth-order valence-electron chi connectivity index (χ4n) is 1.87. The molecule has 0 amide bonds. The van der Waals surface area contributed by atoms with Crippen LogP contribution < -0.4 is 5.73 Å². The molecule has 1 aromatic heterocycles. The van der Waals surface area contributed by atoms with E-state index in [0.29, 0.717) is 4.99 Å². The topological polar surface area (TPSA) is 43.8 Å². The molecule has 0 aliphatic carbocycles. The van der Waals surface area contributed by atoms with E-state index in [2.05, 4.69) is 27.8 Å². The second-order valence-corrected chi connectivity index (χ2v) is 5.34. The van der Waals surface area contributed by atoms with Gasteiger partial charge in [0.05, 0.1) is 5.69 Å². The molecule has 94 valence electrons. The van der Waals surface area contributed by atoms with Crippen LogP contribution >= 0.6 is 28.1 Å². The summed E-state index contributed by atoms with van der Waals surface area (Å²) in [7, 11) is 0. The molecule has 0 spiro atoms. The van der Waals surface area contributed by atoms with Crippen molar-refractivity contribution >= 4 is 33.1 Å². The number of aromatic nitrogens is 2. The first-order valence-electron chi connectivity index (χ1n) is 5.75. The van der Waals surface area contributed by atoms with E-state index in [0.717, 1.165) is 34.4 Å². The van der Waals surface area contributed by atoms with Crippen molar-refractivity contribution < 1.29 is 0 Å². The monoisotopic (exact) mass is 323 g/mol. The molecule has 2 aromatic rings. The van der Waals surface area contributed by atoms with E-state index in [-0.39, 0.29) is 0 Å². The molecule has 0 saturated carbocycles. The molecule has 1 aromatic carbocycles. The average Bonchev–Trinajstić information content (AvgIpc) is 2.77. The molecular weight excluding hydrogens is 310 g/mol. The molecule has 3 nitrogen and oxygen atoms in total. The van der Waals surface area contributed by atoms with E-state index in [1.54, 1.807) is 6.20 Å². The normalized spacial score (nSPS) is 10.6. The minimum Gasteiger partial charge on any atom is -0.389 e. The van der Waals surface area contributed by atoms with Gasteiger partial charge in [0.15, 0.2) is 0 Å². The lowest BCUT2D eigenvalue weighted by atomic mass is 10.1. The predicted octanol–water partition coefficient (Wildman–Crippen LogP) is 3.22. The minimum absolute atomic E-state index is 0.397. The Labute approximate surface area is 120 Å². The summed E-state index contributed by atoms with van der Waals surface area (Å²) in [5.41, 5.74) is 7.61. The fourth-order valence-corrected chi connectivity index (χ4v) is 2.40. The van der Waals surface area contributed by atoms with Crippen molar-refractivity contribution in [2.24, 2.45) is 5.73 Å². The highest BCUT2D eigenvalue weighted by molar-refractivity contribution is 9.10. The van der Waals surface area contributed by atoms with Crippen molar-refractivity contribution in [1.82, 2.24) is 9.55 Å². The number of thiocarbonyl (C=S) groups is 1. The molecule has 1 heterocycles. The Balaban J connectivity index is 2.58. The molecule has 0 bridgehead atoms. The maximum absolute atomic E-state index is 5.78. The molecule has 0 atom stereocenters. The standard InChI is InChI=1S/C13H14BrN3S/c1-2-3-12-16-6-7-17(12)11-8-9(14)4-5-10(11)13(15)18/h4-8H,2-3H2,1H3,(H2,15,18). The summed E-state index contributed by atoms with van der Waals surface area (Å²) in [5.74, 6) is 1.02. The Bertz CT molecular complexity index is 577. The van der Waals surface area contributed by atoms with E-state index in [4.69, 9.17) is 18.0 Å². The number of imidazole rings is 1. The van der Waals surface area contributed by atoms with E-state index in [1.807, 2.05) is 29.0 Å². The van der Waals surface area contributed by atoms with Gasteiger partial charge in [-0.3, -0.25) is 0 Å². The van der Waals surface area contributed by atoms with Crippen molar-refractivity contribution in [3.8, 4) is 5.69 Å². The van der Waals surface area contributed by atoms with E-state index >= 15 is 0 Å². The van der Waals surface area contributed by atoms with Crippen molar-refractivity contribution in [1.29, 1.82) is 0 Å². The van der Waals surface area contributed by atoms with E-state index in [1.165, 1.54) is 0 Å². The predicted molar refractivity (Wildman–Crippen MR) is 81.1 cm³/mol. The molecule has 2 rings (SSSR count). The van der Waals surface area contributed by atoms with Gasteiger partial charge in [0.1, 0.15) is 10.8 Å². The van der Waals surface area contributed by atoms with Crippen molar-refractivity contribution in [2.75, 3.05) is 0 Å². The first-order chi connectivity index (χ1) is 8.63. The Morgan fingerprint density at radius 3 is 2.94 bits per heavy atom. The van der Waals surface area contributed by atoms with Crippen LogP contribution in [0.15, 0.2) is 35.1 Å². The maximum Gasteiger partial charge on any atom is 0.113 e. The van der Waals surface area contributed by atoms with Crippen LogP contribution in [-0.2, 0) is 6.42 Å². The van der Waals surface area contributed by atoms with Gasteiger partial charge in [-0.25, -0.2) is 4.98 Å². The van der Waals surface area contributed by atoms with Gasteiger partial charge in [-0.15, -0.1) is 0 Å². The largest absolute Gasteiger partial charge is 0.389 e. The number of hydrogen-bond acceptors (Lipinski definition) is 2. The van der Waals surface area contributed by atoms with Gasteiger partial charge >= 0.3 is 0 Å². The van der Waals surface area contributed by atoms with Gasteiger partial charge in [-0.05, 0) is 24.6 Å². The summed E-state index contributed by atoms with van der Waals surface area (Å²) in [6, 6.07) is 5.88. The first kappa shape index (κ1) is 13.2. The van der Waals surface area contributed by atoms with Crippen LogP contribution in [0.2, 0.25) is 0 Å². The van der Waals surface area contributed by atoms with Crippen LogP contribution in [0.25, 0.3) is 5.69 Å². The minimum atomic E-state index is 0.397. The molecule has 18 heavy (non-hydrogen) atoms. The second kappa shape index (κ2) is 5.63. The number of rotatable bonds is 4. The number of benzene rings is 1. The van der Waals surface area contributed by atoms with Gasteiger partial charge < -0.3 is 10.3 Å². The molecular formula is C13H14BrN3S. The zero-order chi connectivity index (χ0) is 13.1. The lowest BCUT2D eigenvalue weighted by Crippen LogP contribution is -2.14. The van der Waals surface area contributed by atoms with Crippen LogP contribution in [0.5, 0.6) is 0 Å². The van der Waals surface area contributed by atoms with Gasteiger partial charge in [-0.1, -0.05) is 35.1 Å². The second-order valence-electron chi connectivity index (χ2n) is 3.99. The molecule has 0 unspecified atom stereocenters. The highest BCUT2D eigenvalue weighted by Gasteiger charge is 2.11. The smallest absolute Gasteiger partial charge is 0.113 e. The number of hydrogen-bond donors (Lipinski definition) is 1. The summed E-state index contributed by atoms with van der Waals surface area (Å²) < 4.78 is 3.04. The van der Waals surface area contributed by atoms with Crippen molar-refractivity contribution in [2.45, 2.75) is 19.8 Å². The third-order valence-electron chi connectivity index (χ3n) is 2.68. The fraction of sp³-hybridized carbons (Fsp3) is 0.231. The summed E-state index contributed by atoms with van der Waals surface area (Å²) >= 11 is 8.58. The van der Waals surface area contributed by atoms with E-state index in [9.17, 15) is 0 Å². The Kier molecular flexibility index (Phi) is 4.14. The Hall–Kier alpha value is -1.20. The van der Waals surface area contributed by atoms with Gasteiger partial charge in [0.25, 0.3) is 0 Å². The third-order valence-corrected chi connectivity index (χ3v) is 3.39. The van der Waals surface area contributed by atoms with Crippen LogP contribution in [-0.4, -0.2) is 14.5 Å². The van der Waals surface area contributed by atoms with Crippen LogP contribution in [0, 0.1) is 0 Å². The highest BCUT2D eigenvalue weighted by Crippen LogP contribution is 2.22. The molecule has 2 N–H and O–H groups in total. The number of aryl methyl sites for hydroxylation is 1. The van der Waals surface area contributed by atoms with Crippen LogP contribution in [0.3, 0.4) is 0 Å². The SMILES string of the molecule is CCCc1nccn1-c1cc(Br)ccc1C(N)=S. The molecule has 0 saturated heterocycles. The average molecular weight is 324 g/mol. The molecule has 0 radical (unpaired) electrons. The lowest BCUT2D eigenvalue weighted by Gasteiger charge is -2.12. The third kappa shape index (κ3) is 2.62. The number of nitrogens with two attached hydrogens (primary N) is 1. The summed E-state index contributed by atoms with van der Waals surface area (Å²) in [6.45, 7) is 2.13. The molecule has 0 aliphatic heterocycles. The van der Waals surface area contributed by atoms with Crippen LogP contribution in [0.1, 0.15) is 24.7 Å². The molecule has 0 aliphatic rings. The summed E-state index contributed by atoms with van der Waals surface area (Å²) in [4.78, 5) is 4.77. The Morgan fingerprint density at radius 1 is 1.50 bits per heavy atom. The van der Waals surface area contributed by atoms with Crippen molar-refractivity contribution in [3.05, 3.63) is 46.5 Å². The van der Waals surface area contributed by atoms with Crippen LogP contribution in [0.4, 0.5) is 0 Å². The lowest BCUT2D eigenvalue weighted by molar-refractivity contribution is 0.808. The zero-order valence-corrected chi connectivity index (χ0v) is 12.5. The zero-order valence-electron chi connectivity index (χ0n) is 10.1. The first-order valence-corrected chi connectivity index (χ1v) is 6.95. The molecule has 0 fully saturated rings. The van der Waals surface area contributed by atoms with Crippen molar-refractivity contribution in [3.63, 3.8) is 0 Å². The quantitative estimate of drug-likeness (QED) is 0.878. The maximum atomic E-state index is 5.78.